The lowest BCUT2D eigenvalue weighted by molar-refractivity contribution is 0.530. The summed E-state index contributed by atoms with van der Waals surface area (Å²) < 4.78 is 0. The second-order valence-electron chi connectivity index (χ2n) is 5.58. The zero-order valence-electron chi connectivity index (χ0n) is 11.4. The molecule has 1 aliphatic carbocycles. The molecule has 0 spiro atoms. The first-order valence-corrected chi connectivity index (χ1v) is 6.68. The Bertz CT molecular complexity index is 418. The van der Waals surface area contributed by atoms with E-state index in [1.54, 1.807) is 0 Å². The Balaban J connectivity index is 1.98. The van der Waals surface area contributed by atoms with E-state index in [1.165, 1.54) is 24.1 Å². The monoisotopic (exact) mass is 245 g/mol. The second-order valence-corrected chi connectivity index (χ2v) is 5.58. The Hall–Kier alpha value is -1.51. The predicted octanol–water partition coefficient (Wildman–Crippen LogP) is 2.79. The van der Waals surface area contributed by atoms with Crippen molar-refractivity contribution in [3.8, 4) is 0 Å². The summed E-state index contributed by atoms with van der Waals surface area (Å²) in [6.07, 6.45) is 4.22. The molecule has 1 aromatic rings. The van der Waals surface area contributed by atoms with Gasteiger partial charge in [-0.15, -0.1) is 0 Å². The third-order valence-corrected chi connectivity index (χ3v) is 3.88. The number of nitrogens with one attached hydrogen (secondary N) is 1. The Morgan fingerprint density at radius 1 is 1.33 bits per heavy atom. The van der Waals surface area contributed by atoms with E-state index in [0.717, 1.165) is 19.4 Å². The minimum Gasteiger partial charge on any atom is -0.388 e. The van der Waals surface area contributed by atoms with E-state index in [-0.39, 0.29) is 5.41 Å². The van der Waals surface area contributed by atoms with Gasteiger partial charge in [0.2, 0.25) is 0 Å². The van der Waals surface area contributed by atoms with Gasteiger partial charge in [-0.3, -0.25) is 5.41 Å². The van der Waals surface area contributed by atoms with Crippen molar-refractivity contribution >= 4 is 11.5 Å². The van der Waals surface area contributed by atoms with Gasteiger partial charge < -0.3 is 10.6 Å². The van der Waals surface area contributed by atoms with Crippen LogP contribution in [0.25, 0.3) is 0 Å². The summed E-state index contributed by atoms with van der Waals surface area (Å²) in [6.45, 7) is 3.17. The molecule has 1 fully saturated rings. The van der Waals surface area contributed by atoms with E-state index in [9.17, 15) is 0 Å². The van der Waals surface area contributed by atoms with E-state index in [1.807, 2.05) is 0 Å². The highest BCUT2D eigenvalue weighted by molar-refractivity contribution is 5.78. The molecule has 18 heavy (non-hydrogen) atoms. The summed E-state index contributed by atoms with van der Waals surface area (Å²) in [5, 5.41) is 7.45. The van der Waals surface area contributed by atoms with Crippen molar-refractivity contribution in [2.45, 2.75) is 32.6 Å². The lowest BCUT2D eigenvalue weighted by Gasteiger charge is -2.25. The summed E-state index contributed by atoms with van der Waals surface area (Å²) in [5.41, 5.74) is 8.43. The summed E-state index contributed by atoms with van der Waals surface area (Å²) >= 11 is 0. The van der Waals surface area contributed by atoms with Gasteiger partial charge in [0.1, 0.15) is 0 Å². The minimum atomic E-state index is 0.268. The zero-order valence-corrected chi connectivity index (χ0v) is 11.4. The highest BCUT2D eigenvalue weighted by atomic mass is 15.1. The predicted molar refractivity (Wildman–Crippen MR) is 77.3 cm³/mol. The van der Waals surface area contributed by atoms with Crippen molar-refractivity contribution in [2.75, 3.05) is 18.5 Å². The molecule has 0 heterocycles. The molecule has 0 radical (unpaired) electrons. The van der Waals surface area contributed by atoms with Crippen molar-refractivity contribution in [2.24, 2.45) is 11.1 Å². The van der Waals surface area contributed by atoms with Crippen LogP contribution in [-0.2, 0) is 6.42 Å². The van der Waals surface area contributed by atoms with E-state index in [4.69, 9.17) is 11.1 Å². The quantitative estimate of drug-likeness (QED) is 0.598. The van der Waals surface area contributed by atoms with Crippen molar-refractivity contribution < 1.29 is 0 Å². The van der Waals surface area contributed by atoms with E-state index >= 15 is 0 Å². The lowest BCUT2D eigenvalue weighted by atomic mass is 10.0. The first-order chi connectivity index (χ1) is 8.54. The fraction of sp³-hybridized carbons (Fsp3) is 0.533. The summed E-state index contributed by atoms with van der Waals surface area (Å²) in [6, 6.07) is 8.75. The smallest absolute Gasteiger partial charge is 0.0911 e. The maximum Gasteiger partial charge on any atom is 0.0911 e. The number of benzene rings is 1. The standard InChI is InChI=1S/C15H23N3/c1-3-12-4-6-13(7-5-12)18(2)11-15(8-9-15)10-14(16)17/h4-7H,3,8-11H2,1-2H3,(H3,16,17). The van der Waals surface area contributed by atoms with Crippen LogP contribution in [0.4, 0.5) is 5.69 Å². The molecule has 1 saturated carbocycles. The fourth-order valence-electron chi connectivity index (χ4n) is 2.55. The molecule has 0 bridgehead atoms. The average Bonchev–Trinajstić information content (AvgIpc) is 3.07. The van der Waals surface area contributed by atoms with E-state index in [0.29, 0.717) is 5.84 Å². The van der Waals surface area contributed by atoms with Crippen molar-refractivity contribution in [3.63, 3.8) is 0 Å². The third-order valence-electron chi connectivity index (χ3n) is 3.88. The number of rotatable bonds is 6. The van der Waals surface area contributed by atoms with E-state index in [2.05, 4.69) is 43.1 Å². The number of nitrogens with two attached hydrogens (primary N) is 1. The van der Waals surface area contributed by atoms with Gasteiger partial charge in [-0.05, 0) is 42.4 Å². The molecule has 3 nitrogen and oxygen atoms in total. The van der Waals surface area contributed by atoms with Crippen LogP contribution < -0.4 is 10.6 Å². The van der Waals surface area contributed by atoms with Crippen LogP contribution in [0.5, 0.6) is 0 Å². The van der Waals surface area contributed by atoms with Crippen LogP contribution >= 0.6 is 0 Å². The largest absolute Gasteiger partial charge is 0.388 e. The Labute approximate surface area is 109 Å². The van der Waals surface area contributed by atoms with Crippen LogP contribution in [0.1, 0.15) is 31.7 Å². The molecule has 0 saturated heterocycles. The molecule has 1 aromatic carbocycles. The number of amidine groups is 1. The first kappa shape index (κ1) is 12.9. The third kappa shape index (κ3) is 3.03. The SMILES string of the molecule is CCc1ccc(N(C)CC2(CC(=N)N)CC2)cc1. The zero-order chi connectivity index (χ0) is 13.2. The number of hydrogen-bond donors (Lipinski definition) is 2. The maximum absolute atomic E-state index is 7.45. The topological polar surface area (TPSA) is 53.1 Å². The van der Waals surface area contributed by atoms with Crippen LogP contribution in [0.15, 0.2) is 24.3 Å². The second kappa shape index (κ2) is 5.01. The summed E-state index contributed by atoms with van der Waals surface area (Å²) in [5.74, 6) is 0.322. The molecule has 3 N–H and O–H groups in total. The van der Waals surface area contributed by atoms with Crippen molar-refractivity contribution in [1.82, 2.24) is 0 Å². The summed E-state index contributed by atoms with van der Waals surface area (Å²) in [4.78, 5) is 2.29. The molecule has 0 aromatic heterocycles. The Morgan fingerprint density at radius 3 is 2.39 bits per heavy atom. The molecule has 0 atom stereocenters. The summed E-state index contributed by atoms with van der Waals surface area (Å²) in [7, 11) is 2.13. The molecule has 0 unspecified atom stereocenters. The van der Waals surface area contributed by atoms with Gasteiger partial charge in [-0.1, -0.05) is 19.1 Å². The molecule has 98 valence electrons. The molecule has 0 amide bonds. The highest BCUT2D eigenvalue weighted by Crippen LogP contribution is 2.49. The van der Waals surface area contributed by atoms with E-state index < -0.39 is 0 Å². The highest BCUT2D eigenvalue weighted by Gasteiger charge is 2.43. The van der Waals surface area contributed by atoms with Gasteiger partial charge in [0.05, 0.1) is 5.84 Å². The Kier molecular flexibility index (Phi) is 3.60. The molecule has 0 aliphatic heterocycles. The number of nitrogens with zero attached hydrogens (tertiary/aromatic N) is 1. The maximum atomic E-state index is 7.45. The van der Waals surface area contributed by atoms with Crippen molar-refractivity contribution in [1.29, 1.82) is 5.41 Å². The molecule has 1 aliphatic rings. The van der Waals surface area contributed by atoms with Gasteiger partial charge in [0.15, 0.2) is 0 Å². The van der Waals surface area contributed by atoms with Crippen molar-refractivity contribution in [3.05, 3.63) is 29.8 Å². The molecular formula is C15H23N3. The van der Waals surface area contributed by atoms with Crippen LogP contribution in [0.3, 0.4) is 0 Å². The van der Waals surface area contributed by atoms with Gasteiger partial charge in [0, 0.05) is 25.7 Å². The fourth-order valence-corrected chi connectivity index (χ4v) is 2.55. The van der Waals surface area contributed by atoms with Gasteiger partial charge in [-0.2, -0.15) is 0 Å². The number of anilines is 1. The normalized spacial score (nSPS) is 16.3. The lowest BCUT2D eigenvalue weighted by Crippen LogP contribution is -2.29. The molecular weight excluding hydrogens is 222 g/mol. The Morgan fingerprint density at radius 2 is 1.94 bits per heavy atom. The molecule has 2 rings (SSSR count). The molecule has 3 heteroatoms. The number of aryl methyl sites for hydroxylation is 1. The average molecular weight is 245 g/mol. The van der Waals surface area contributed by atoms with Crippen LogP contribution in [0, 0.1) is 10.8 Å². The minimum absolute atomic E-state index is 0.268. The van der Waals surface area contributed by atoms with Gasteiger partial charge in [-0.25, -0.2) is 0 Å². The van der Waals surface area contributed by atoms with Crippen LogP contribution in [0.2, 0.25) is 0 Å². The van der Waals surface area contributed by atoms with Gasteiger partial charge >= 0.3 is 0 Å². The number of hydrogen-bond acceptors (Lipinski definition) is 2. The first-order valence-electron chi connectivity index (χ1n) is 6.68. The van der Waals surface area contributed by atoms with Gasteiger partial charge in [0.25, 0.3) is 0 Å². The van der Waals surface area contributed by atoms with Crippen LogP contribution in [-0.4, -0.2) is 19.4 Å².